The Balaban J connectivity index is 3.56. The van der Waals surface area contributed by atoms with Crippen LogP contribution in [0.3, 0.4) is 0 Å². The first kappa shape index (κ1) is 10.6. The number of allylic oxidation sites excluding steroid dienone is 1. The molecule has 1 aromatic carbocycles. The highest BCUT2D eigenvalue weighted by molar-refractivity contribution is 5.46. The smallest absolute Gasteiger partial charge is 0.0186 e. The van der Waals surface area contributed by atoms with Crippen molar-refractivity contribution in [1.82, 2.24) is 0 Å². The van der Waals surface area contributed by atoms with Gasteiger partial charge in [-0.3, -0.25) is 0 Å². The lowest BCUT2D eigenvalue weighted by molar-refractivity contribution is 0.832. The van der Waals surface area contributed by atoms with E-state index in [1.807, 2.05) is 30.3 Å². The normalized spacial score (nSPS) is 14.4. The van der Waals surface area contributed by atoms with Crippen molar-refractivity contribution in [1.29, 1.82) is 0 Å². The molecular formula is C13H17N. The molecule has 0 aliphatic carbocycles. The minimum absolute atomic E-state index is 0.370. The average molecular weight is 187 g/mol. The van der Waals surface area contributed by atoms with Crippen molar-refractivity contribution in [3.63, 3.8) is 0 Å². The minimum atomic E-state index is 0.370. The van der Waals surface area contributed by atoms with Crippen molar-refractivity contribution >= 4 is 11.8 Å². The Kier molecular flexibility index (Phi) is 3.52. The van der Waals surface area contributed by atoms with Gasteiger partial charge in [0.25, 0.3) is 0 Å². The Labute approximate surface area is 85.3 Å². The largest absolute Gasteiger partial charge is 0.401 e. The fraction of sp³-hybridized carbons (Fsp3) is 0.231. The van der Waals surface area contributed by atoms with Crippen LogP contribution in [0.4, 0.5) is 0 Å². The molecular weight excluding hydrogens is 170 g/mol. The lowest BCUT2D eigenvalue weighted by atomic mass is 10.1. The van der Waals surface area contributed by atoms with Crippen molar-refractivity contribution in [2.45, 2.75) is 13.8 Å². The summed E-state index contributed by atoms with van der Waals surface area (Å²) in [6.07, 6.45) is 3.76. The summed E-state index contributed by atoms with van der Waals surface area (Å²) in [5.41, 5.74) is 6.96. The van der Waals surface area contributed by atoms with Crippen LogP contribution >= 0.6 is 0 Å². The molecule has 14 heavy (non-hydrogen) atoms. The zero-order chi connectivity index (χ0) is 10.6. The van der Waals surface area contributed by atoms with Gasteiger partial charge in [0.1, 0.15) is 0 Å². The number of rotatable bonds is 2. The van der Waals surface area contributed by atoms with Crippen LogP contribution in [0.2, 0.25) is 0 Å². The van der Waals surface area contributed by atoms with Crippen LogP contribution in [0, 0.1) is 5.92 Å². The quantitative estimate of drug-likeness (QED) is 0.743. The second-order valence-electron chi connectivity index (χ2n) is 3.60. The molecule has 0 atom stereocenters. The molecule has 0 saturated heterocycles. The minimum Gasteiger partial charge on any atom is -0.401 e. The number of hydrogen-bond acceptors (Lipinski definition) is 1. The fourth-order valence-corrected chi connectivity index (χ4v) is 1.34. The second kappa shape index (κ2) is 4.66. The van der Waals surface area contributed by atoms with Gasteiger partial charge in [0.05, 0.1) is 0 Å². The molecule has 0 aromatic heterocycles. The summed E-state index contributed by atoms with van der Waals surface area (Å²) in [4.78, 5) is 0. The number of hydrogen-bond donors (Lipinski definition) is 1. The molecule has 0 bridgehead atoms. The topological polar surface area (TPSA) is 26.0 Å². The van der Waals surface area contributed by atoms with E-state index in [0.29, 0.717) is 5.92 Å². The lowest BCUT2D eigenvalue weighted by Gasteiger charge is -2.04. The van der Waals surface area contributed by atoms with Gasteiger partial charge in [-0.05, 0) is 11.1 Å². The first-order chi connectivity index (χ1) is 6.66. The molecule has 0 unspecified atom stereocenters. The van der Waals surface area contributed by atoms with Crippen LogP contribution in [0.1, 0.15) is 13.8 Å². The molecule has 1 heteroatoms. The van der Waals surface area contributed by atoms with Gasteiger partial charge in [-0.1, -0.05) is 56.8 Å². The predicted octanol–water partition coefficient (Wildman–Crippen LogP) is 1.38. The molecule has 1 nitrogen and oxygen atoms in total. The van der Waals surface area contributed by atoms with Crippen molar-refractivity contribution in [3.8, 4) is 0 Å². The zero-order valence-corrected chi connectivity index (χ0v) is 8.83. The maximum absolute atomic E-state index is 6.03. The molecule has 2 N–H and O–H groups in total. The summed E-state index contributed by atoms with van der Waals surface area (Å²) < 4.78 is 0. The molecule has 0 heterocycles. The maximum atomic E-state index is 6.03. The third-order valence-corrected chi connectivity index (χ3v) is 2.19. The Morgan fingerprint density at radius 1 is 1.36 bits per heavy atom. The molecule has 0 amide bonds. The SMILES string of the molecule is C=C/C=c1/cccc/c1=C(/N)C(C)C. The van der Waals surface area contributed by atoms with Gasteiger partial charge in [-0.2, -0.15) is 0 Å². The number of benzene rings is 1. The van der Waals surface area contributed by atoms with Gasteiger partial charge in [-0.25, -0.2) is 0 Å². The Hall–Kier alpha value is -1.50. The van der Waals surface area contributed by atoms with E-state index >= 15 is 0 Å². The highest BCUT2D eigenvalue weighted by Gasteiger charge is 1.98. The van der Waals surface area contributed by atoms with Gasteiger partial charge in [0, 0.05) is 10.9 Å². The van der Waals surface area contributed by atoms with Gasteiger partial charge in [0.2, 0.25) is 0 Å². The highest BCUT2D eigenvalue weighted by atomic mass is 14.6. The Morgan fingerprint density at radius 3 is 2.57 bits per heavy atom. The van der Waals surface area contributed by atoms with Crippen molar-refractivity contribution < 1.29 is 0 Å². The van der Waals surface area contributed by atoms with E-state index in [9.17, 15) is 0 Å². The van der Waals surface area contributed by atoms with Crippen LogP contribution in [0.25, 0.3) is 11.8 Å². The molecule has 74 valence electrons. The first-order valence-electron chi connectivity index (χ1n) is 4.84. The van der Waals surface area contributed by atoms with Crippen LogP contribution in [-0.2, 0) is 0 Å². The van der Waals surface area contributed by atoms with Gasteiger partial charge >= 0.3 is 0 Å². The monoisotopic (exact) mass is 187 g/mol. The number of nitrogens with two attached hydrogens (primary N) is 1. The summed E-state index contributed by atoms with van der Waals surface area (Å²) in [5, 5.41) is 2.25. The van der Waals surface area contributed by atoms with E-state index in [-0.39, 0.29) is 0 Å². The molecule has 1 rings (SSSR count). The molecule has 0 aliphatic heterocycles. The fourth-order valence-electron chi connectivity index (χ4n) is 1.34. The van der Waals surface area contributed by atoms with Crippen LogP contribution in [-0.4, -0.2) is 0 Å². The van der Waals surface area contributed by atoms with E-state index in [1.165, 1.54) is 0 Å². The summed E-state index contributed by atoms with van der Waals surface area (Å²) in [5.74, 6) is 0.370. The standard InChI is InChI=1S/C13H17N/c1-4-7-11-8-5-6-9-12(11)13(14)10(2)3/h4-10H,1,14H2,2-3H3/b11-7-,13-12-. The molecule has 0 aliphatic rings. The van der Waals surface area contributed by atoms with Crippen molar-refractivity contribution in [3.05, 3.63) is 47.4 Å². The summed E-state index contributed by atoms with van der Waals surface area (Å²) in [6.45, 7) is 7.89. The molecule has 1 aromatic rings. The summed E-state index contributed by atoms with van der Waals surface area (Å²) >= 11 is 0. The molecule has 0 saturated carbocycles. The summed E-state index contributed by atoms with van der Waals surface area (Å²) in [7, 11) is 0. The van der Waals surface area contributed by atoms with E-state index in [1.54, 1.807) is 6.08 Å². The van der Waals surface area contributed by atoms with E-state index < -0.39 is 0 Å². The molecule has 0 radical (unpaired) electrons. The van der Waals surface area contributed by atoms with E-state index in [0.717, 1.165) is 16.1 Å². The third-order valence-electron chi connectivity index (χ3n) is 2.19. The average Bonchev–Trinajstić information content (AvgIpc) is 2.18. The Bertz CT molecular complexity index is 427. The molecule has 0 fully saturated rings. The van der Waals surface area contributed by atoms with Crippen molar-refractivity contribution in [2.75, 3.05) is 0 Å². The first-order valence-corrected chi connectivity index (χ1v) is 4.84. The van der Waals surface area contributed by atoms with Crippen LogP contribution in [0.5, 0.6) is 0 Å². The third kappa shape index (κ3) is 2.25. The zero-order valence-electron chi connectivity index (χ0n) is 8.83. The highest BCUT2D eigenvalue weighted by Crippen LogP contribution is 1.99. The van der Waals surface area contributed by atoms with Gasteiger partial charge in [-0.15, -0.1) is 0 Å². The Morgan fingerprint density at radius 2 is 2.00 bits per heavy atom. The summed E-state index contributed by atoms with van der Waals surface area (Å²) in [6, 6.07) is 8.11. The predicted molar refractivity (Wildman–Crippen MR) is 62.8 cm³/mol. The van der Waals surface area contributed by atoms with Crippen LogP contribution in [0.15, 0.2) is 36.9 Å². The molecule has 0 spiro atoms. The van der Waals surface area contributed by atoms with Crippen molar-refractivity contribution in [2.24, 2.45) is 11.7 Å². The van der Waals surface area contributed by atoms with E-state index in [2.05, 4.69) is 20.4 Å². The van der Waals surface area contributed by atoms with Gasteiger partial charge < -0.3 is 5.73 Å². The lowest BCUT2D eigenvalue weighted by Crippen LogP contribution is -2.30. The second-order valence-corrected chi connectivity index (χ2v) is 3.60. The van der Waals surface area contributed by atoms with Crippen LogP contribution < -0.4 is 16.2 Å². The van der Waals surface area contributed by atoms with Gasteiger partial charge in [0.15, 0.2) is 0 Å². The maximum Gasteiger partial charge on any atom is 0.0186 e. The van der Waals surface area contributed by atoms with E-state index in [4.69, 9.17) is 5.73 Å².